The molecule has 2 saturated heterocycles. The highest BCUT2D eigenvalue weighted by atomic mass is 32.2. The van der Waals surface area contributed by atoms with E-state index < -0.39 is 17.6 Å². The third-order valence-electron chi connectivity index (χ3n) is 5.44. The van der Waals surface area contributed by atoms with Crippen molar-refractivity contribution in [2.24, 2.45) is 5.92 Å². The average molecular weight is 414 g/mol. The van der Waals surface area contributed by atoms with E-state index in [1.165, 1.54) is 36.5 Å². The molecular weight excluding hydrogens is 389 g/mol. The Hall–Kier alpha value is -1.54. The highest BCUT2D eigenvalue weighted by molar-refractivity contribution is 7.99. The summed E-state index contributed by atoms with van der Waals surface area (Å²) in [5.41, 5.74) is -0.969. The largest absolute Gasteiger partial charge is 0.416 e. The van der Waals surface area contributed by atoms with Gasteiger partial charge >= 0.3 is 6.18 Å². The number of benzene rings is 1. The second-order valence-electron chi connectivity index (χ2n) is 7.50. The minimum absolute atomic E-state index is 0.0774. The van der Waals surface area contributed by atoms with E-state index in [-0.39, 0.29) is 17.9 Å². The summed E-state index contributed by atoms with van der Waals surface area (Å²) in [7, 11) is 0. The molecule has 0 unspecified atom stereocenters. The number of ketones is 1. The van der Waals surface area contributed by atoms with Gasteiger partial charge in [0.15, 0.2) is 5.78 Å². The highest BCUT2D eigenvalue weighted by Gasteiger charge is 2.31. The van der Waals surface area contributed by atoms with Gasteiger partial charge in [0, 0.05) is 24.6 Å². The smallest absolute Gasteiger partial charge is 0.345 e. The fourth-order valence-electron chi connectivity index (χ4n) is 3.92. The molecule has 4 nitrogen and oxygen atoms in total. The second kappa shape index (κ2) is 9.31. The summed E-state index contributed by atoms with van der Waals surface area (Å²) in [6.07, 6.45) is -0.702. The lowest BCUT2D eigenvalue weighted by Crippen LogP contribution is -2.36. The summed E-state index contributed by atoms with van der Waals surface area (Å²) in [5.74, 6) is 1.96. The van der Waals surface area contributed by atoms with Crippen molar-refractivity contribution in [3.8, 4) is 0 Å². The minimum Gasteiger partial charge on any atom is -0.345 e. The summed E-state index contributed by atoms with van der Waals surface area (Å²) in [4.78, 5) is 26.8. The first-order chi connectivity index (χ1) is 13.3. The Kier molecular flexibility index (Phi) is 7.04. The monoisotopic (exact) mass is 414 g/mol. The average Bonchev–Trinajstić information content (AvgIpc) is 3.14. The zero-order chi connectivity index (χ0) is 20.1. The van der Waals surface area contributed by atoms with Crippen molar-refractivity contribution >= 4 is 23.5 Å². The van der Waals surface area contributed by atoms with Gasteiger partial charge in [-0.15, -0.1) is 0 Å². The number of halogens is 3. The van der Waals surface area contributed by atoms with E-state index in [1.54, 1.807) is 0 Å². The first kappa shape index (κ1) is 21.2. The number of likely N-dealkylation sites (tertiary alicyclic amines) is 1. The maximum Gasteiger partial charge on any atom is 0.416 e. The Labute approximate surface area is 167 Å². The van der Waals surface area contributed by atoms with Crippen LogP contribution in [0.1, 0.15) is 41.6 Å². The molecule has 0 aliphatic carbocycles. The molecule has 1 amide bonds. The number of carbonyl (C=O) groups excluding carboxylic acids is 2. The van der Waals surface area contributed by atoms with E-state index in [4.69, 9.17) is 0 Å². The van der Waals surface area contributed by atoms with Crippen LogP contribution in [-0.2, 0) is 11.0 Å². The zero-order valence-corrected chi connectivity index (χ0v) is 16.5. The number of Topliss-reactive ketones (excluding diaryl/α,β-unsaturated/α-hetero) is 1. The Morgan fingerprint density at radius 1 is 1.18 bits per heavy atom. The highest BCUT2D eigenvalue weighted by Crippen LogP contribution is 2.30. The van der Waals surface area contributed by atoms with Crippen molar-refractivity contribution in [2.45, 2.75) is 37.9 Å². The first-order valence-electron chi connectivity index (χ1n) is 9.62. The van der Waals surface area contributed by atoms with Gasteiger partial charge in [0.1, 0.15) is 0 Å². The molecule has 1 aromatic rings. The molecule has 0 radical (unpaired) electrons. The molecule has 1 atom stereocenters. The Bertz CT molecular complexity index is 705. The lowest BCUT2D eigenvalue weighted by atomic mass is 10.0. The van der Waals surface area contributed by atoms with Crippen LogP contribution in [-0.4, -0.2) is 53.8 Å². The van der Waals surface area contributed by atoms with Crippen LogP contribution >= 0.6 is 11.8 Å². The lowest BCUT2D eigenvalue weighted by molar-refractivity contribution is -0.137. The molecule has 0 spiro atoms. The molecule has 0 aromatic heterocycles. The number of hydrogen-bond acceptors (Lipinski definition) is 4. The number of nitrogens with one attached hydrogen (secondary N) is 1. The minimum atomic E-state index is -4.50. The van der Waals surface area contributed by atoms with Crippen LogP contribution in [0.3, 0.4) is 0 Å². The summed E-state index contributed by atoms with van der Waals surface area (Å²) in [6.45, 7) is 1.79. The third kappa shape index (κ3) is 5.73. The maximum absolute atomic E-state index is 12.7. The molecular formula is C20H25F3N2O2S. The molecule has 0 saturated carbocycles. The Balaban J connectivity index is 1.44. The molecule has 1 aromatic carbocycles. The number of nitrogens with zero attached hydrogens (tertiary/aromatic N) is 1. The molecule has 154 valence electrons. The van der Waals surface area contributed by atoms with Crippen molar-refractivity contribution in [3.05, 3.63) is 35.4 Å². The van der Waals surface area contributed by atoms with Gasteiger partial charge in [-0.05, 0) is 61.4 Å². The van der Waals surface area contributed by atoms with E-state index in [0.717, 1.165) is 31.6 Å². The summed E-state index contributed by atoms with van der Waals surface area (Å²) in [5, 5.41) is 2.45. The molecule has 2 aliphatic heterocycles. The predicted molar refractivity (Wildman–Crippen MR) is 103 cm³/mol. The van der Waals surface area contributed by atoms with Crippen LogP contribution in [0, 0.1) is 5.92 Å². The van der Waals surface area contributed by atoms with Gasteiger partial charge in [-0.2, -0.15) is 24.9 Å². The van der Waals surface area contributed by atoms with Gasteiger partial charge in [0.2, 0.25) is 0 Å². The van der Waals surface area contributed by atoms with Crippen LogP contribution in [0.2, 0.25) is 0 Å². The fraction of sp³-hybridized carbons (Fsp3) is 0.600. The second-order valence-corrected chi connectivity index (χ2v) is 8.72. The Morgan fingerprint density at radius 3 is 2.64 bits per heavy atom. The van der Waals surface area contributed by atoms with E-state index in [1.807, 2.05) is 11.8 Å². The number of carbonyl (C=O) groups is 2. The van der Waals surface area contributed by atoms with Gasteiger partial charge in [0.05, 0.1) is 12.1 Å². The van der Waals surface area contributed by atoms with Crippen LogP contribution in [0.5, 0.6) is 0 Å². The van der Waals surface area contributed by atoms with Crippen LogP contribution in [0.25, 0.3) is 0 Å². The van der Waals surface area contributed by atoms with E-state index >= 15 is 0 Å². The molecule has 8 heteroatoms. The van der Waals surface area contributed by atoms with E-state index in [0.29, 0.717) is 18.4 Å². The standard InChI is InChI=1S/C20H25F3N2O2S/c21-20(22,23)16-3-1-2-15(11-16)19(27)24-12-18(26)10-14-4-7-25(13-14)17-5-8-28-9-6-17/h1-3,11,14,17H,4-10,12-13H2,(H,24,27)/t14-/m0/s1. The lowest BCUT2D eigenvalue weighted by Gasteiger charge is -2.30. The zero-order valence-electron chi connectivity index (χ0n) is 15.6. The van der Waals surface area contributed by atoms with Crippen LogP contribution < -0.4 is 5.32 Å². The van der Waals surface area contributed by atoms with Gasteiger partial charge in [-0.25, -0.2) is 0 Å². The predicted octanol–water partition coefficient (Wildman–Crippen LogP) is 3.61. The maximum atomic E-state index is 12.7. The normalized spacial score (nSPS) is 21.6. The van der Waals surface area contributed by atoms with Gasteiger partial charge < -0.3 is 10.2 Å². The van der Waals surface area contributed by atoms with Crippen molar-refractivity contribution in [1.82, 2.24) is 10.2 Å². The number of hydrogen-bond donors (Lipinski definition) is 1. The SMILES string of the molecule is O=C(CNC(=O)c1cccc(C(F)(F)F)c1)C[C@@H]1CCN(C2CCSCC2)C1. The topological polar surface area (TPSA) is 49.4 Å². The molecule has 2 heterocycles. The van der Waals surface area contributed by atoms with Crippen molar-refractivity contribution in [1.29, 1.82) is 0 Å². The van der Waals surface area contributed by atoms with E-state index in [9.17, 15) is 22.8 Å². The number of amides is 1. The third-order valence-corrected chi connectivity index (χ3v) is 6.49. The summed E-state index contributed by atoms with van der Waals surface area (Å²) >= 11 is 2.00. The molecule has 1 N–H and O–H groups in total. The van der Waals surface area contributed by atoms with Crippen molar-refractivity contribution in [3.63, 3.8) is 0 Å². The Morgan fingerprint density at radius 2 is 1.93 bits per heavy atom. The molecule has 2 fully saturated rings. The number of rotatable bonds is 6. The molecule has 0 bridgehead atoms. The molecule has 2 aliphatic rings. The first-order valence-corrected chi connectivity index (χ1v) is 10.8. The fourth-order valence-corrected chi connectivity index (χ4v) is 5.00. The van der Waals surface area contributed by atoms with E-state index in [2.05, 4.69) is 10.2 Å². The number of alkyl halides is 3. The summed E-state index contributed by atoms with van der Waals surface area (Å²) in [6, 6.07) is 4.85. The van der Waals surface area contributed by atoms with Gasteiger partial charge in [0.25, 0.3) is 5.91 Å². The van der Waals surface area contributed by atoms with Crippen LogP contribution in [0.4, 0.5) is 13.2 Å². The number of thioether (sulfide) groups is 1. The van der Waals surface area contributed by atoms with Crippen molar-refractivity contribution < 1.29 is 22.8 Å². The van der Waals surface area contributed by atoms with Crippen molar-refractivity contribution in [2.75, 3.05) is 31.1 Å². The van der Waals surface area contributed by atoms with Gasteiger partial charge in [-0.3, -0.25) is 9.59 Å². The quantitative estimate of drug-likeness (QED) is 0.773. The van der Waals surface area contributed by atoms with Crippen LogP contribution in [0.15, 0.2) is 24.3 Å². The molecule has 3 rings (SSSR count). The molecule has 28 heavy (non-hydrogen) atoms. The van der Waals surface area contributed by atoms with Gasteiger partial charge in [-0.1, -0.05) is 6.07 Å². The summed E-state index contributed by atoms with van der Waals surface area (Å²) < 4.78 is 38.2.